The van der Waals surface area contributed by atoms with Crippen molar-refractivity contribution in [2.75, 3.05) is 49.9 Å². The first-order valence-corrected chi connectivity index (χ1v) is 7.15. The van der Waals surface area contributed by atoms with Gasteiger partial charge in [0.05, 0.1) is 5.69 Å². The Morgan fingerprint density at radius 1 is 1.40 bits per heavy atom. The minimum absolute atomic E-state index is 0.129. The molecule has 3 N–H and O–H groups in total. The van der Waals surface area contributed by atoms with Gasteiger partial charge in [-0.3, -0.25) is 9.69 Å². The maximum absolute atomic E-state index is 11.4. The minimum Gasteiger partial charge on any atom is -0.396 e. The molecule has 1 saturated heterocycles. The number of rotatable bonds is 5. The first kappa shape index (κ1) is 14.6. The molecule has 110 valence electrons. The number of pyridine rings is 1. The summed E-state index contributed by atoms with van der Waals surface area (Å²) in [7, 11) is 0. The fourth-order valence-electron chi connectivity index (χ4n) is 2.40. The third-order valence-electron chi connectivity index (χ3n) is 3.52. The summed E-state index contributed by atoms with van der Waals surface area (Å²) in [4.78, 5) is 20.3. The van der Waals surface area contributed by atoms with Gasteiger partial charge in [0, 0.05) is 51.9 Å². The molecule has 1 aliphatic heterocycles. The molecule has 1 aliphatic rings. The topological polar surface area (TPSA) is 74.5 Å². The van der Waals surface area contributed by atoms with Crippen LogP contribution in [0.2, 0.25) is 0 Å². The number of carbonyl (C=O) groups excluding carboxylic acids is 1. The molecule has 0 spiro atoms. The lowest BCUT2D eigenvalue weighted by Gasteiger charge is -2.35. The number of piperazine rings is 1. The van der Waals surface area contributed by atoms with Gasteiger partial charge in [-0.05, 0) is 19.1 Å². The van der Waals surface area contributed by atoms with E-state index in [-0.39, 0.29) is 5.91 Å². The lowest BCUT2D eigenvalue weighted by Crippen LogP contribution is -2.47. The highest BCUT2D eigenvalue weighted by Gasteiger charge is 2.19. The van der Waals surface area contributed by atoms with Gasteiger partial charge in [0.1, 0.15) is 0 Å². The Kier molecular flexibility index (Phi) is 5.17. The van der Waals surface area contributed by atoms with E-state index in [9.17, 15) is 4.79 Å². The quantitative estimate of drug-likeness (QED) is 0.810. The van der Waals surface area contributed by atoms with Crippen molar-refractivity contribution in [3.8, 4) is 0 Å². The third kappa shape index (κ3) is 3.84. The van der Waals surface area contributed by atoms with E-state index in [2.05, 4.69) is 20.1 Å². The normalized spacial score (nSPS) is 16.1. The lowest BCUT2D eigenvalue weighted by molar-refractivity contribution is -0.121. The van der Waals surface area contributed by atoms with Gasteiger partial charge < -0.3 is 16.0 Å². The molecular weight excluding hydrogens is 254 g/mol. The average molecular weight is 277 g/mol. The van der Waals surface area contributed by atoms with E-state index in [4.69, 9.17) is 5.73 Å². The number of nitrogens with two attached hydrogens (primary N) is 1. The number of anilines is 2. The molecule has 0 radical (unpaired) electrons. The van der Waals surface area contributed by atoms with Crippen LogP contribution in [0.3, 0.4) is 0 Å². The van der Waals surface area contributed by atoms with Crippen LogP contribution in [0.5, 0.6) is 0 Å². The Bertz CT molecular complexity index is 443. The number of carbonyl (C=O) groups is 1. The van der Waals surface area contributed by atoms with E-state index in [1.165, 1.54) is 0 Å². The fourth-order valence-corrected chi connectivity index (χ4v) is 2.40. The molecule has 6 heteroatoms. The molecule has 0 aromatic carbocycles. The second-order valence-electron chi connectivity index (χ2n) is 4.95. The largest absolute Gasteiger partial charge is 0.396 e. The number of hydrogen-bond donors (Lipinski definition) is 2. The van der Waals surface area contributed by atoms with Gasteiger partial charge in [0.25, 0.3) is 0 Å². The van der Waals surface area contributed by atoms with Crippen molar-refractivity contribution < 1.29 is 4.79 Å². The molecule has 0 saturated carbocycles. The van der Waals surface area contributed by atoms with E-state index < -0.39 is 0 Å². The monoisotopic (exact) mass is 277 g/mol. The molecular formula is C14H23N5O. The number of hydrogen-bond acceptors (Lipinski definition) is 5. The molecule has 0 unspecified atom stereocenters. The summed E-state index contributed by atoms with van der Waals surface area (Å²) < 4.78 is 0. The smallest absolute Gasteiger partial charge is 0.221 e. The zero-order valence-electron chi connectivity index (χ0n) is 12.0. The molecule has 1 fully saturated rings. The van der Waals surface area contributed by atoms with E-state index in [0.29, 0.717) is 13.0 Å². The van der Waals surface area contributed by atoms with Crippen LogP contribution in [0.15, 0.2) is 18.3 Å². The van der Waals surface area contributed by atoms with Gasteiger partial charge in [0.15, 0.2) is 5.82 Å². The molecule has 20 heavy (non-hydrogen) atoms. The predicted octanol–water partition coefficient (Wildman–Crippen LogP) is 0.312. The van der Waals surface area contributed by atoms with E-state index >= 15 is 0 Å². The number of nitrogens with one attached hydrogen (secondary N) is 1. The summed E-state index contributed by atoms with van der Waals surface area (Å²) in [5.41, 5.74) is 6.67. The Morgan fingerprint density at radius 3 is 2.80 bits per heavy atom. The molecule has 1 aromatic heterocycles. The Morgan fingerprint density at radius 2 is 2.15 bits per heavy atom. The number of nitrogen functional groups attached to an aromatic ring is 1. The maximum atomic E-state index is 11.4. The Hall–Kier alpha value is -1.82. The molecule has 1 aromatic rings. The van der Waals surface area contributed by atoms with Crippen LogP contribution in [0.1, 0.15) is 13.3 Å². The highest BCUT2D eigenvalue weighted by Crippen LogP contribution is 2.20. The summed E-state index contributed by atoms with van der Waals surface area (Å²) in [5, 5.41) is 2.82. The molecule has 0 bridgehead atoms. The van der Waals surface area contributed by atoms with Crippen LogP contribution in [-0.4, -0.2) is 55.1 Å². The minimum atomic E-state index is 0.129. The number of nitrogens with zero attached hydrogens (tertiary/aromatic N) is 3. The van der Waals surface area contributed by atoms with Gasteiger partial charge in [-0.1, -0.05) is 0 Å². The van der Waals surface area contributed by atoms with Gasteiger partial charge in [0.2, 0.25) is 5.91 Å². The number of aromatic nitrogens is 1. The first-order valence-electron chi connectivity index (χ1n) is 7.15. The van der Waals surface area contributed by atoms with Gasteiger partial charge >= 0.3 is 0 Å². The van der Waals surface area contributed by atoms with Crippen molar-refractivity contribution in [1.82, 2.24) is 15.2 Å². The van der Waals surface area contributed by atoms with Crippen LogP contribution >= 0.6 is 0 Å². The Labute approximate surface area is 120 Å². The third-order valence-corrected chi connectivity index (χ3v) is 3.52. The highest BCUT2D eigenvalue weighted by molar-refractivity contribution is 5.75. The standard InChI is InChI=1S/C14H23N5O/c1-2-16-13(20)5-7-18-8-10-19(11-9-18)14-12(15)4-3-6-17-14/h3-4,6H,2,5,7-11,15H2,1H3,(H,16,20). The van der Waals surface area contributed by atoms with E-state index in [0.717, 1.165) is 44.2 Å². The fraction of sp³-hybridized carbons (Fsp3) is 0.571. The molecule has 2 rings (SSSR count). The Balaban J connectivity index is 1.78. The predicted molar refractivity (Wildman–Crippen MR) is 80.6 cm³/mol. The molecule has 1 amide bonds. The molecule has 0 aliphatic carbocycles. The van der Waals surface area contributed by atoms with Gasteiger partial charge in [-0.15, -0.1) is 0 Å². The van der Waals surface area contributed by atoms with Crippen LogP contribution in [-0.2, 0) is 4.79 Å². The SMILES string of the molecule is CCNC(=O)CCN1CCN(c2ncccc2N)CC1. The van der Waals surface area contributed by atoms with Crippen LogP contribution in [0.4, 0.5) is 11.5 Å². The lowest BCUT2D eigenvalue weighted by atomic mass is 10.2. The van der Waals surface area contributed by atoms with Gasteiger partial charge in [-0.25, -0.2) is 4.98 Å². The van der Waals surface area contributed by atoms with Crippen LogP contribution < -0.4 is 16.0 Å². The molecule has 0 atom stereocenters. The van der Waals surface area contributed by atoms with Crippen LogP contribution in [0, 0.1) is 0 Å². The van der Waals surface area contributed by atoms with Crippen LogP contribution in [0.25, 0.3) is 0 Å². The van der Waals surface area contributed by atoms with Gasteiger partial charge in [-0.2, -0.15) is 0 Å². The van der Waals surface area contributed by atoms with Crippen molar-refractivity contribution in [2.24, 2.45) is 0 Å². The molecule has 6 nitrogen and oxygen atoms in total. The summed E-state index contributed by atoms with van der Waals surface area (Å²) in [6.45, 7) is 7.13. The maximum Gasteiger partial charge on any atom is 0.221 e. The second kappa shape index (κ2) is 7.09. The van der Waals surface area contributed by atoms with Crippen molar-refractivity contribution >= 4 is 17.4 Å². The average Bonchev–Trinajstić information content (AvgIpc) is 2.47. The summed E-state index contributed by atoms with van der Waals surface area (Å²) in [6.07, 6.45) is 2.34. The number of amides is 1. The summed E-state index contributed by atoms with van der Waals surface area (Å²) in [6, 6.07) is 3.73. The van der Waals surface area contributed by atoms with Crippen molar-refractivity contribution in [1.29, 1.82) is 0 Å². The summed E-state index contributed by atoms with van der Waals surface area (Å²) >= 11 is 0. The van der Waals surface area contributed by atoms with Crippen molar-refractivity contribution in [3.05, 3.63) is 18.3 Å². The van der Waals surface area contributed by atoms with Crippen molar-refractivity contribution in [2.45, 2.75) is 13.3 Å². The van der Waals surface area contributed by atoms with Crippen molar-refractivity contribution in [3.63, 3.8) is 0 Å². The highest BCUT2D eigenvalue weighted by atomic mass is 16.1. The first-order chi connectivity index (χ1) is 9.70. The van der Waals surface area contributed by atoms with E-state index in [1.54, 1.807) is 6.20 Å². The summed E-state index contributed by atoms with van der Waals surface area (Å²) in [5.74, 6) is 1.000. The zero-order valence-corrected chi connectivity index (χ0v) is 12.0. The van der Waals surface area contributed by atoms with E-state index in [1.807, 2.05) is 19.1 Å². The molecule has 2 heterocycles. The second-order valence-corrected chi connectivity index (χ2v) is 4.95. The zero-order chi connectivity index (χ0) is 14.4.